The zero-order valence-corrected chi connectivity index (χ0v) is 22.1. The number of aliphatic hydroxyl groups excluding tert-OH is 1. The number of β-amino-alcohol motifs (C(OH)–C–C–N with tert-alkyl or cyclic N) is 1. The Morgan fingerprint density at radius 3 is 2.68 bits per heavy atom. The van der Waals surface area contributed by atoms with Gasteiger partial charge in [0, 0.05) is 12.6 Å². The van der Waals surface area contributed by atoms with Crippen LogP contribution < -0.4 is 21.1 Å². The summed E-state index contributed by atoms with van der Waals surface area (Å²) in [5, 5.41) is 17.7. The molecule has 0 aromatic heterocycles. The molecule has 1 heterocycles. The zero-order valence-electron chi connectivity index (χ0n) is 22.1. The van der Waals surface area contributed by atoms with Crippen LogP contribution in [0.4, 0.5) is 0 Å². The van der Waals surface area contributed by atoms with E-state index in [1.54, 1.807) is 0 Å². The first kappa shape index (κ1) is 27.8. The van der Waals surface area contributed by atoms with Crippen molar-refractivity contribution in [1.82, 2.24) is 10.6 Å². The maximum atomic E-state index is 13.1. The number of benzene rings is 2. The number of carbonyl (C=O) groups excluding carboxylic acids is 2. The minimum Gasteiger partial charge on any atom is -0.491 e. The molecule has 2 amide bonds. The molecule has 0 spiro atoms. The molecule has 2 aromatic rings. The van der Waals surface area contributed by atoms with Gasteiger partial charge < -0.3 is 30.9 Å². The summed E-state index contributed by atoms with van der Waals surface area (Å²) in [7, 11) is 0. The molecule has 8 nitrogen and oxygen atoms in total. The van der Waals surface area contributed by atoms with E-state index in [1.165, 1.54) is 0 Å². The molecule has 38 heavy (non-hydrogen) atoms. The monoisotopic (exact) mass is 521 g/mol. The van der Waals surface area contributed by atoms with Gasteiger partial charge in [0.15, 0.2) is 0 Å². The van der Waals surface area contributed by atoms with Crippen molar-refractivity contribution >= 4 is 11.8 Å². The number of primary amides is 1. The quantitative estimate of drug-likeness (QED) is 0.354. The molecule has 5 N–H and O–H groups in total. The molecule has 1 aliphatic carbocycles. The lowest BCUT2D eigenvalue weighted by Gasteiger charge is -2.27. The highest BCUT2D eigenvalue weighted by molar-refractivity contribution is 5.99. The van der Waals surface area contributed by atoms with Gasteiger partial charge in [-0.1, -0.05) is 48.6 Å². The van der Waals surface area contributed by atoms with Crippen LogP contribution in [0.25, 0.3) is 0 Å². The molecule has 0 saturated heterocycles. The Morgan fingerprint density at radius 2 is 1.95 bits per heavy atom. The highest BCUT2D eigenvalue weighted by Gasteiger charge is 2.34. The molecule has 8 heteroatoms. The average Bonchev–Trinajstić information content (AvgIpc) is 3.22. The van der Waals surface area contributed by atoms with Gasteiger partial charge in [-0.3, -0.25) is 9.59 Å². The molecular formula is C30H39N3O5. The topological polar surface area (TPSA) is 123 Å². The van der Waals surface area contributed by atoms with Crippen LogP contribution >= 0.6 is 0 Å². The molecule has 0 saturated carbocycles. The van der Waals surface area contributed by atoms with E-state index in [2.05, 4.69) is 16.7 Å². The number of allylic oxidation sites excluding steroid dienone is 1. The van der Waals surface area contributed by atoms with Crippen LogP contribution in [0.5, 0.6) is 5.75 Å². The van der Waals surface area contributed by atoms with Gasteiger partial charge in [0.05, 0.1) is 31.0 Å². The third-order valence-electron chi connectivity index (χ3n) is 7.11. The van der Waals surface area contributed by atoms with Gasteiger partial charge in [0.25, 0.3) is 0 Å². The van der Waals surface area contributed by atoms with Crippen LogP contribution in [0.3, 0.4) is 0 Å². The SMILES string of the molecule is CC(C)Oc1ccc2c(c1)[C@@H]1C[C@H]2OC/C=C/CC[C@@H](C(N)=O)C(=O)N[C@@H](Cc2ccccc2)[C@H](O)CN1. The fraction of sp³-hybridized carbons (Fsp3) is 0.467. The third-order valence-corrected chi connectivity index (χ3v) is 7.11. The van der Waals surface area contributed by atoms with E-state index in [0.29, 0.717) is 19.4 Å². The van der Waals surface area contributed by atoms with E-state index < -0.39 is 29.9 Å². The summed E-state index contributed by atoms with van der Waals surface area (Å²) in [6.45, 7) is 4.64. The summed E-state index contributed by atoms with van der Waals surface area (Å²) in [6, 6.07) is 15.1. The molecule has 4 rings (SSSR count). The van der Waals surface area contributed by atoms with Gasteiger partial charge in [-0.15, -0.1) is 0 Å². The average molecular weight is 522 g/mol. The molecule has 2 aliphatic rings. The van der Waals surface area contributed by atoms with Crippen molar-refractivity contribution in [3.05, 3.63) is 77.4 Å². The van der Waals surface area contributed by atoms with Gasteiger partial charge >= 0.3 is 0 Å². The second kappa shape index (κ2) is 13.0. The minimum absolute atomic E-state index is 0.0521. The molecule has 204 valence electrons. The van der Waals surface area contributed by atoms with E-state index in [9.17, 15) is 14.7 Å². The second-order valence-corrected chi connectivity index (χ2v) is 10.4. The van der Waals surface area contributed by atoms with E-state index in [0.717, 1.165) is 28.9 Å². The number of hydrogen-bond donors (Lipinski definition) is 4. The highest BCUT2D eigenvalue weighted by Crippen LogP contribution is 2.42. The summed E-state index contributed by atoms with van der Waals surface area (Å²) >= 11 is 0. The Labute approximate surface area is 224 Å². The molecule has 0 fully saturated rings. The van der Waals surface area contributed by atoms with Crippen LogP contribution in [0.1, 0.15) is 61.9 Å². The van der Waals surface area contributed by atoms with Gasteiger partial charge in [-0.25, -0.2) is 0 Å². The Morgan fingerprint density at radius 1 is 1.16 bits per heavy atom. The van der Waals surface area contributed by atoms with Crippen LogP contribution in [0, 0.1) is 5.92 Å². The Hall–Kier alpha value is -3.20. The number of nitrogens with one attached hydrogen (secondary N) is 2. The van der Waals surface area contributed by atoms with Crippen molar-refractivity contribution < 1.29 is 24.2 Å². The van der Waals surface area contributed by atoms with E-state index in [1.807, 2.05) is 68.5 Å². The van der Waals surface area contributed by atoms with Crippen molar-refractivity contribution in [1.29, 1.82) is 0 Å². The van der Waals surface area contributed by atoms with E-state index in [-0.39, 0.29) is 31.2 Å². The van der Waals surface area contributed by atoms with Crippen molar-refractivity contribution in [2.45, 2.75) is 69.9 Å². The first-order valence-corrected chi connectivity index (χ1v) is 13.4. The number of rotatable bonds is 5. The van der Waals surface area contributed by atoms with Crippen molar-refractivity contribution in [3.8, 4) is 5.75 Å². The fourth-order valence-electron chi connectivity index (χ4n) is 5.18. The number of ether oxygens (including phenoxy) is 2. The largest absolute Gasteiger partial charge is 0.491 e. The normalized spacial score (nSPS) is 27.4. The Bertz CT molecular complexity index is 1120. The van der Waals surface area contributed by atoms with Gasteiger partial charge in [-0.05, 0) is 68.4 Å². The first-order valence-electron chi connectivity index (χ1n) is 13.4. The number of nitrogens with two attached hydrogens (primary N) is 1. The maximum Gasteiger partial charge on any atom is 0.232 e. The van der Waals surface area contributed by atoms with Gasteiger partial charge in [-0.2, -0.15) is 0 Å². The van der Waals surface area contributed by atoms with E-state index >= 15 is 0 Å². The van der Waals surface area contributed by atoms with E-state index in [4.69, 9.17) is 15.2 Å². The fourth-order valence-corrected chi connectivity index (χ4v) is 5.18. The molecule has 1 aliphatic heterocycles. The third kappa shape index (κ3) is 7.22. The van der Waals surface area contributed by atoms with Crippen LogP contribution in [-0.4, -0.2) is 48.3 Å². The predicted octanol–water partition coefficient (Wildman–Crippen LogP) is 3.11. The van der Waals surface area contributed by atoms with Crippen LogP contribution in [-0.2, 0) is 20.7 Å². The summed E-state index contributed by atoms with van der Waals surface area (Å²) in [4.78, 5) is 25.2. The maximum absolute atomic E-state index is 13.1. The molecule has 5 atom stereocenters. The first-order chi connectivity index (χ1) is 18.3. The Balaban J connectivity index is 1.60. The highest BCUT2D eigenvalue weighted by atomic mass is 16.5. The van der Waals surface area contributed by atoms with Gasteiger partial charge in [0.1, 0.15) is 11.7 Å². The van der Waals surface area contributed by atoms with Crippen LogP contribution in [0.2, 0.25) is 0 Å². The molecule has 2 aromatic carbocycles. The summed E-state index contributed by atoms with van der Waals surface area (Å²) in [5.41, 5.74) is 8.74. The van der Waals surface area contributed by atoms with Crippen LogP contribution in [0.15, 0.2) is 60.7 Å². The summed E-state index contributed by atoms with van der Waals surface area (Å²) < 4.78 is 12.1. The second-order valence-electron chi connectivity index (χ2n) is 10.4. The number of fused-ring (bicyclic) bond motifs is 5. The standard InChI is InChI=1S/C30H39N3O5/c1-19(2)38-21-12-13-22-24(16-21)25-17-28(22)37-14-8-4-7-11-23(29(31)35)30(36)33-26(27(34)18-32-25)15-20-9-5-3-6-10-20/h3-6,8-10,12-13,16,19,23,25-28,32,34H,7,11,14-15,17-18H2,1-2H3,(H2,31,35)(H,33,36)/b8-4+/t23-,25-,26-,27+,28+/m0/s1. The molecular weight excluding hydrogens is 482 g/mol. The summed E-state index contributed by atoms with van der Waals surface area (Å²) in [5.74, 6) is -1.32. The van der Waals surface area contributed by atoms with Crippen molar-refractivity contribution in [3.63, 3.8) is 0 Å². The van der Waals surface area contributed by atoms with Crippen molar-refractivity contribution in [2.75, 3.05) is 13.2 Å². The number of hydrogen-bond acceptors (Lipinski definition) is 6. The minimum atomic E-state index is -0.980. The lowest BCUT2D eigenvalue weighted by molar-refractivity contribution is -0.134. The number of amides is 2. The molecule has 0 radical (unpaired) electrons. The lowest BCUT2D eigenvalue weighted by Crippen LogP contribution is -2.52. The zero-order chi connectivity index (χ0) is 27.1. The predicted molar refractivity (Wildman–Crippen MR) is 145 cm³/mol. The number of carbonyl (C=O) groups is 2. The Kier molecular flexibility index (Phi) is 9.55. The number of aliphatic hydroxyl groups is 1. The van der Waals surface area contributed by atoms with Gasteiger partial charge in [0.2, 0.25) is 11.8 Å². The molecule has 0 unspecified atom stereocenters. The summed E-state index contributed by atoms with van der Waals surface area (Å²) in [6.07, 6.45) is 4.83. The van der Waals surface area contributed by atoms with Crippen molar-refractivity contribution in [2.24, 2.45) is 11.7 Å². The lowest BCUT2D eigenvalue weighted by atomic mass is 9.97. The molecule has 2 bridgehead atoms. The smallest absolute Gasteiger partial charge is 0.232 e.